The van der Waals surface area contributed by atoms with Crippen molar-refractivity contribution in [3.05, 3.63) is 0 Å². The third-order valence-corrected chi connectivity index (χ3v) is 4.46. The summed E-state index contributed by atoms with van der Waals surface area (Å²) in [5.41, 5.74) is -0.656. The number of carbonyl (C=O) groups is 1. The van der Waals surface area contributed by atoms with E-state index in [9.17, 15) is 9.90 Å². The van der Waals surface area contributed by atoms with Crippen LogP contribution < -0.4 is 5.32 Å². The minimum atomic E-state index is -0.656. The van der Waals surface area contributed by atoms with Gasteiger partial charge in [-0.25, -0.2) is 0 Å². The summed E-state index contributed by atoms with van der Waals surface area (Å²) >= 11 is 0. The molecule has 0 heterocycles. The number of rotatable bonds is 6. The van der Waals surface area contributed by atoms with Crippen LogP contribution >= 0.6 is 0 Å². The molecular formula is C15H29NO2. The number of hydrogen-bond donors (Lipinski definition) is 2. The van der Waals surface area contributed by atoms with E-state index in [1.54, 1.807) is 0 Å². The highest BCUT2D eigenvalue weighted by Gasteiger charge is 2.32. The van der Waals surface area contributed by atoms with Gasteiger partial charge in [0.25, 0.3) is 0 Å². The second kappa shape index (κ2) is 7.13. The second-order valence-corrected chi connectivity index (χ2v) is 6.07. The number of nitrogens with one attached hydrogen (secondary N) is 1. The number of hydrogen-bond acceptors (Lipinski definition) is 2. The van der Waals surface area contributed by atoms with Gasteiger partial charge in [0, 0.05) is 13.0 Å². The molecule has 0 aromatic carbocycles. The Morgan fingerprint density at radius 3 is 2.50 bits per heavy atom. The summed E-state index contributed by atoms with van der Waals surface area (Å²) < 4.78 is 0. The number of carbonyl (C=O) groups excluding carboxylic acids is 1. The van der Waals surface area contributed by atoms with E-state index < -0.39 is 5.60 Å². The summed E-state index contributed by atoms with van der Waals surface area (Å²) in [5, 5.41) is 13.3. The van der Waals surface area contributed by atoms with Gasteiger partial charge in [0.2, 0.25) is 5.91 Å². The van der Waals surface area contributed by atoms with E-state index in [-0.39, 0.29) is 5.91 Å². The number of aliphatic hydroxyl groups is 1. The van der Waals surface area contributed by atoms with Gasteiger partial charge in [-0.3, -0.25) is 4.79 Å². The maximum absolute atomic E-state index is 11.7. The third kappa shape index (κ3) is 4.97. The highest BCUT2D eigenvalue weighted by molar-refractivity contribution is 5.76. The first-order valence-corrected chi connectivity index (χ1v) is 7.48. The maximum atomic E-state index is 11.7. The molecule has 0 saturated heterocycles. The predicted molar refractivity (Wildman–Crippen MR) is 74.3 cm³/mol. The lowest BCUT2D eigenvalue weighted by molar-refractivity contribution is -0.123. The van der Waals surface area contributed by atoms with Crippen LogP contribution in [0.5, 0.6) is 0 Å². The van der Waals surface area contributed by atoms with E-state index in [1.807, 2.05) is 0 Å². The average molecular weight is 255 g/mol. The van der Waals surface area contributed by atoms with Crippen molar-refractivity contribution in [2.24, 2.45) is 11.8 Å². The van der Waals surface area contributed by atoms with E-state index in [4.69, 9.17) is 0 Å². The van der Waals surface area contributed by atoms with Crippen molar-refractivity contribution in [1.29, 1.82) is 0 Å². The fraction of sp³-hybridized carbons (Fsp3) is 0.933. The molecule has 0 aromatic heterocycles. The lowest BCUT2D eigenvalue weighted by Crippen LogP contribution is -2.45. The summed E-state index contributed by atoms with van der Waals surface area (Å²) in [6, 6.07) is 0. The standard InChI is InChI=1S/C15H29NO2/c1-4-12(3)10-14(17)16-11-15(18)8-6-13(5-2)7-9-15/h12-13,18H,4-11H2,1-3H3,(H,16,17). The van der Waals surface area contributed by atoms with Gasteiger partial charge in [0.05, 0.1) is 5.60 Å². The molecule has 0 aromatic rings. The Morgan fingerprint density at radius 1 is 1.39 bits per heavy atom. The molecule has 1 aliphatic carbocycles. The summed E-state index contributed by atoms with van der Waals surface area (Å²) in [5.74, 6) is 1.27. The van der Waals surface area contributed by atoms with Crippen molar-refractivity contribution < 1.29 is 9.90 Å². The van der Waals surface area contributed by atoms with Crippen LogP contribution in [0.1, 0.15) is 65.7 Å². The van der Waals surface area contributed by atoms with Gasteiger partial charge >= 0.3 is 0 Å². The van der Waals surface area contributed by atoms with Crippen LogP contribution in [0.3, 0.4) is 0 Å². The molecule has 1 aliphatic rings. The lowest BCUT2D eigenvalue weighted by atomic mass is 9.78. The van der Waals surface area contributed by atoms with Crippen LogP contribution in [0, 0.1) is 11.8 Å². The molecule has 18 heavy (non-hydrogen) atoms. The van der Waals surface area contributed by atoms with Gasteiger partial charge in [-0.1, -0.05) is 33.6 Å². The van der Waals surface area contributed by atoms with Crippen molar-refractivity contribution >= 4 is 5.91 Å². The highest BCUT2D eigenvalue weighted by atomic mass is 16.3. The Hall–Kier alpha value is -0.570. The molecule has 106 valence electrons. The zero-order chi connectivity index (χ0) is 13.6. The number of amides is 1. The molecule has 1 amide bonds. The van der Waals surface area contributed by atoms with Crippen molar-refractivity contribution in [2.45, 2.75) is 71.3 Å². The molecule has 1 saturated carbocycles. The summed E-state index contributed by atoms with van der Waals surface area (Å²) in [4.78, 5) is 11.7. The Balaban J connectivity index is 2.28. The molecule has 3 nitrogen and oxygen atoms in total. The van der Waals surface area contributed by atoms with Crippen LogP contribution in [0.2, 0.25) is 0 Å². The van der Waals surface area contributed by atoms with Crippen LogP contribution in [0.4, 0.5) is 0 Å². The first-order chi connectivity index (χ1) is 8.49. The molecular weight excluding hydrogens is 226 g/mol. The second-order valence-electron chi connectivity index (χ2n) is 6.07. The zero-order valence-electron chi connectivity index (χ0n) is 12.2. The molecule has 1 rings (SSSR count). The van der Waals surface area contributed by atoms with Crippen molar-refractivity contribution in [1.82, 2.24) is 5.32 Å². The van der Waals surface area contributed by atoms with Crippen molar-refractivity contribution in [2.75, 3.05) is 6.54 Å². The normalized spacial score (nSPS) is 29.9. The summed E-state index contributed by atoms with van der Waals surface area (Å²) in [7, 11) is 0. The van der Waals surface area contributed by atoms with E-state index >= 15 is 0 Å². The predicted octanol–water partition coefficient (Wildman–Crippen LogP) is 2.87. The largest absolute Gasteiger partial charge is 0.388 e. The van der Waals surface area contributed by atoms with Gasteiger partial charge in [-0.05, 0) is 37.5 Å². The molecule has 0 aliphatic heterocycles. The summed E-state index contributed by atoms with van der Waals surface area (Å²) in [6.07, 6.45) is 6.64. The van der Waals surface area contributed by atoms with Gasteiger partial charge in [0.15, 0.2) is 0 Å². The molecule has 0 radical (unpaired) electrons. The minimum absolute atomic E-state index is 0.0791. The maximum Gasteiger partial charge on any atom is 0.220 e. The molecule has 1 unspecified atom stereocenters. The molecule has 2 N–H and O–H groups in total. The zero-order valence-corrected chi connectivity index (χ0v) is 12.2. The van der Waals surface area contributed by atoms with Crippen LogP contribution in [-0.4, -0.2) is 23.2 Å². The Labute approximate surface area is 111 Å². The van der Waals surface area contributed by atoms with Gasteiger partial charge < -0.3 is 10.4 Å². The Bertz CT molecular complexity index is 257. The van der Waals surface area contributed by atoms with E-state index in [1.165, 1.54) is 6.42 Å². The van der Waals surface area contributed by atoms with E-state index in [0.29, 0.717) is 18.9 Å². The first kappa shape index (κ1) is 15.5. The molecule has 0 spiro atoms. The summed E-state index contributed by atoms with van der Waals surface area (Å²) in [6.45, 7) is 6.82. The molecule has 3 heteroatoms. The SMILES string of the molecule is CCC(C)CC(=O)NCC1(O)CCC(CC)CC1. The average Bonchev–Trinajstić information content (AvgIpc) is 2.37. The van der Waals surface area contributed by atoms with Crippen molar-refractivity contribution in [3.8, 4) is 0 Å². The fourth-order valence-electron chi connectivity index (χ4n) is 2.60. The Kier molecular flexibility index (Phi) is 6.13. The minimum Gasteiger partial charge on any atom is -0.388 e. The van der Waals surface area contributed by atoms with Crippen molar-refractivity contribution in [3.63, 3.8) is 0 Å². The Morgan fingerprint density at radius 2 is 2.00 bits per heavy atom. The van der Waals surface area contributed by atoms with E-state index in [0.717, 1.165) is 38.0 Å². The monoisotopic (exact) mass is 255 g/mol. The smallest absolute Gasteiger partial charge is 0.220 e. The topological polar surface area (TPSA) is 49.3 Å². The third-order valence-electron chi connectivity index (χ3n) is 4.46. The quantitative estimate of drug-likeness (QED) is 0.766. The van der Waals surface area contributed by atoms with Gasteiger partial charge in [-0.15, -0.1) is 0 Å². The molecule has 0 bridgehead atoms. The molecule has 1 fully saturated rings. The van der Waals surface area contributed by atoms with Crippen LogP contribution in [0.15, 0.2) is 0 Å². The van der Waals surface area contributed by atoms with Gasteiger partial charge in [0.1, 0.15) is 0 Å². The first-order valence-electron chi connectivity index (χ1n) is 7.48. The fourth-order valence-corrected chi connectivity index (χ4v) is 2.60. The lowest BCUT2D eigenvalue weighted by Gasteiger charge is -2.35. The highest BCUT2D eigenvalue weighted by Crippen LogP contribution is 2.33. The van der Waals surface area contributed by atoms with Crippen LogP contribution in [0.25, 0.3) is 0 Å². The molecule has 1 atom stereocenters. The van der Waals surface area contributed by atoms with E-state index in [2.05, 4.69) is 26.1 Å². The van der Waals surface area contributed by atoms with Gasteiger partial charge in [-0.2, -0.15) is 0 Å². The van der Waals surface area contributed by atoms with Crippen LogP contribution in [-0.2, 0) is 4.79 Å².